The molecule has 0 aromatic heterocycles. The average Bonchev–Trinajstić information content (AvgIpc) is 1.61. The van der Waals surface area contributed by atoms with Gasteiger partial charge < -0.3 is 0 Å². The van der Waals surface area contributed by atoms with Crippen LogP contribution in [0.15, 0.2) is 0 Å². The van der Waals surface area contributed by atoms with Gasteiger partial charge >= 0.3 is 44.2 Å². The summed E-state index contributed by atoms with van der Waals surface area (Å²) < 4.78 is 9.81. The van der Waals surface area contributed by atoms with Gasteiger partial charge in [-0.05, 0) is 0 Å². The van der Waals surface area contributed by atoms with Crippen LogP contribution in [-0.2, 0) is 3.78 Å². The maximum atomic E-state index is 9.81. The molecule has 2 heteroatoms. The second-order valence-electron chi connectivity index (χ2n) is 1.25. The fraction of sp³-hybridized carbons (Fsp3) is 1.00. The third-order valence-electron chi connectivity index (χ3n) is 0.632. The fourth-order valence-electron chi connectivity index (χ4n) is 0.249. The molecule has 0 bridgehead atoms. The Morgan fingerprint density at radius 3 is 2.50 bits per heavy atom. The van der Waals surface area contributed by atoms with Crippen molar-refractivity contribution >= 4 is 15.4 Å². The minimum atomic E-state index is -0.752. The van der Waals surface area contributed by atoms with Crippen molar-refractivity contribution in [3.8, 4) is 0 Å². The molecule has 1 radical (unpaired) electrons. The Hall–Kier alpha value is 0.343. The van der Waals surface area contributed by atoms with Crippen molar-refractivity contribution in [1.29, 1.82) is 0 Å². The van der Waals surface area contributed by atoms with E-state index in [4.69, 9.17) is 0 Å². The standard InChI is InChI=1S/C4H9GeO/c1-2-3-4-5-6/h2-4H2,1H3. The Balaban J connectivity index is 2.49. The minimum absolute atomic E-state index is 0.752. The molecule has 0 unspecified atom stereocenters. The molecule has 0 aliphatic rings. The molecular weight excluding hydrogens is 137 g/mol. The van der Waals surface area contributed by atoms with E-state index in [2.05, 4.69) is 6.92 Å². The topological polar surface area (TPSA) is 17.1 Å². The maximum absolute atomic E-state index is 9.81. The quantitative estimate of drug-likeness (QED) is 0.432. The van der Waals surface area contributed by atoms with Gasteiger partial charge in [0.2, 0.25) is 0 Å². The average molecular weight is 146 g/mol. The summed E-state index contributed by atoms with van der Waals surface area (Å²) in [6, 6.07) is 0. The summed E-state index contributed by atoms with van der Waals surface area (Å²) in [6.07, 6.45) is 2.34. The Morgan fingerprint density at radius 2 is 2.33 bits per heavy atom. The van der Waals surface area contributed by atoms with Crippen molar-refractivity contribution < 1.29 is 3.78 Å². The zero-order chi connectivity index (χ0) is 4.83. The Kier molecular flexibility index (Phi) is 5.65. The van der Waals surface area contributed by atoms with Gasteiger partial charge in [-0.1, -0.05) is 0 Å². The predicted octanol–water partition coefficient (Wildman–Crippen LogP) is 1.25. The van der Waals surface area contributed by atoms with Crippen LogP contribution in [0.2, 0.25) is 5.25 Å². The summed E-state index contributed by atoms with van der Waals surface area (Å²) in [4.78, 5) is 0. The first-order valence-corrected chi connectivity index (χ1v) is 4.60. The van der Waals surface area contributed by atoms with Crippen LogP contribution >= 0.6 is 0 Å². The molecule has 0 atom stereocenters. The van der Waals surface area contributed by atoms with Crippen molar-refractivity contribution in [1.82, 2.24) is 0 Å². The molecule has 6 heavy (non-hydrogen) atoms. The van der Waals surface area contributed by atoms with Gasteiger partial charge in [0.15, 0.2) is 0 Å². The summed E-state index contributed by atoms with van der Waals surface area (Å²) in [6.45, 7) is 2.11. The third-order valence-corrected chi connectivity index (χ3v) is 1.80. The molecule has 0 aliphatic heterocycles. The van der Waals surface area contributed by atoms with Crippen LogP contribution in [-0.4, -0.2) is 15.4 Å². The summed E-state index contributed by atoms with van der Waals surface area (Å²) >= 11 is -0.752. The van der Waals surface area contributed by atoms with Crippen LogP contribution in [0.4, 0.5) is 0 Å². The zero-order valence-electron chi connectivity index (χ0n) is 4.03. The third kappa shape index (κ3) is 4.34. The predicted molar refractivity (Wildman–Crippen MR) is 26.2 cm³/mol. The zero-order valence-corrected chi connectivity index (χ0v) is 6.13. The molecule has 0 aliphatic carbocycles. The Morgan fingerprint density at radius 1 is 1.67 bits per heavy atom. The van der Waals surface area contributed by atoms with E-state index >= 15 is 0 Å². The van der Waals surface area contributed by atoms with E-state index in [0.29, 0.717) is 0 Å². The first-order valence-electron chi connectivity index (χ1n) is 2.26. The molecule has 0 rings (SSSR count). The second-order valence-corrected chi connectivity index (χ2v) is 2.90. The molecule has 35 valence electrons. The van der Waals surface area contributed by atoms with Crippen molar-refractivity contribution in [3.63, 3.8) is 0 Å². The van der Waals surface area contributed by atoms with Gasteiger partial charge in [0, 0.05) is 0 Å². The van der Waals surface area contributed by atoms with Crippen molar-refractivity contribution in [2.45, 2.75) is 25.0 Å². The molecule has 1 nitrogen and oxygen atoms in total. The van der Waals surface area contributed by atoms with Crippen LogP contribution in [0, 0.1) is 0 Å². The first-order chi connectivity index (χ1) is 2.91. The van der Waals surface area contributed by atoms with E-state index < -0.39 is 15.4 Å². The SMILES string of the molecule is CCC[CH2][Ge]=[O]. The second kappa shape index (κ2) is 5.34. The molecule has 0 N–H and O–H groups in total. The Labute approximate surface area is 44.8 Å². The van der Waals surface area contributed by atoms with E-state index in [-0.39, 0.29) is 0 Å². The molecular formula is C4H9GeO. The molecule has 0 spiro atoms. The number of hydrogen-bond donors (Lipinski definition) is 0. The van der Waals surface area contributed by atoms with E-state index in [9.17, 15) is 3.78 Å². The molecule has 0 aromatic rings. The number of hydrogen-bond acceptors (Lipinski definition) is 1. The molecule has 0 saturated carbocycles. The van der Waals surface area contributed by atoms with Gasteiger partial charge in [0.05, 0.1) is 0 Å². The van der Waals surface area contributed by atoms with Gasteiger partial charge in [-0.15, -0.1) is 0 Å². The van der Waals surface area contributed by atoms with Gasteiger partial charge in [0.25, 0.3) is 0 Å². The van der Waals surface area contributed by atoms with Crippen molar-refractivity contribution in [2.24, 2.45) is 0 Å². The van der Waals surface area contributed by atoms with Gasteiger partial charge in [0.1, 0.15) is 0 Å². The summed E-state index contributed by atoms with van der Waals surface area (Å²) in [5.74, 6) is 0. The molecule has 0 amide bonds. The van der Waals surface area contributed by atoms with Crippen LogP contribution in [0.25, 0.3) is 0 Å². The molecule has 0 aromatic carbocycles. The van der Waals surface area contributed by atoms with E-state index in [1.807, 2.05) is 0 Å². The number of unbranched alkanes of at least 4 members (excludes halogenated alkanes) is 1. The monoisotopic (exact) mass is 147 g/mol. The molecule has 0 fully saturated rings. The number of rotatable bonds is 3. The van der Waals surface area contributed by atoms with Crippen molar-refractivity contribution in [2.75, 3.05) is 0 Å². The van der Waals surface area contributed by atoms with E-state index in [0.717, 1.165) is 11.7 Å². The summed E-state index contributed by atoms with van der Waals surface area (Å²) in [5.41, 5.74) is 0. The normalized spacial score (nSPS) is 8.17. The molecule has 0 heterocycles. The summed E-state index contributed by atoms with van der Waals surface area (Å²) in [7, 11) is 0. The van der Waals surface area contributed by atoms with E-state index in [1.54, 1.807) is 0 Å². The Bertz CT molecular complexity index is 36.5. The van der Waals surface area contributed by atoms with Gasteiger partial charge in [-0.25, -0.2) is 0 Å². The van der Waals surface area contributed by atoms with Crippen LogP contribution in [0.5, 0.6) is 0 Å². The van der Waals surface area contributed by atoms with Crippen LogP contribution in [0.1, 0.15) is 19.8 Å². The van der Waals surface area contributed by atoms with Crippen LogP contribution < -0.4 is 0 Å². The summed E-state index contributed by atoms with van der Waals surface area (Å²) in [5, 5.41) is 0.983. The molecule has 0 saturated heterocycles. The van der Waals surface area contributed by atoms with Gasteiger partial charge in [-0.3, -0.25) is 0 Å². The fourth-order valence-corrected chi connectivity index (χ4v) is 1.29. The van der Waals surface area contributed by atoms with E-state index in [1.165, 1.54) is 6.42 Å². The van der Waals surface area contributed by atoms with Crippen LogP contribution in [0.3, 0.4) is 0 Å². The van der Waals surface area contributed by atoms with Crippen molar-refractivity contribution in [3.05, 3.63) is 0 Å². The first kappa shape index (κ1) is 6.34. The van der Waals surface area contributed by atoms with Gasteiger partial charge in [-0.2, -0.15) is 0 Å².